The van der Waals surface area contributed by atoms with E-state index in [1.54, 1.807) is 47.6 Å². The van der Waals surface area contributed by atoms with Crippen LogP contribution in [0.5, 0.6) is 0 Å². The summed E-state index contributed by atoms with van der Waals surface area (Å²) in [5.41, 5.74) is 12.8. The third kappa shape index (κ3) is 8.96. The van der Waals surface area contributed by atoms with Crippen LogP contribution in [0.15, 0.2) is 73.2 Å². The number of likely N-dealkylation sites (tertiary alicyclic amines) is 1. The molecule has 0 unspecified atom stereocenters. The minimum Gasteiger partial charge on any atom is -0.442 e. The van der Waals surface area contributed by atoms with Crippen molar-refractivity contribution in [1.82, 2.24) is 24.6 Å². The lowest BCUT2D eigenvalue weighted by Gasteiger charge is -2.32. The second-order valence-corrected chi connectivity index (χ2v) is 11.0. The van der Waals surface area contributed by atoms with Gasteiger partial charge in [-0.05, 0) is 37.1 Å². The van der Waals surface area contributed by atoms with E-state index >= 15 is 0 Å². The third-order valence-electron chi connectivity index (χ3n) is 7.62. The van der Waals surface area contributed by atoms with Crippen molar-refractivity contribution in [2.45, 2.75) is 25.0 Å². The number of halogens is 1. The highest BCUT2D eigenvalue weighted by Gasteiger charge is 2.29. The van der Waals surface area contributed by atoms with Crippen LogP contribution in [-0.2, 0) is 23.8 Å². The zero-order valence-electron chi connectivity index (χ0n) is 26.2. The van der Waals surface area contributed by atoms with E-state index in [0.29, 0.717) is 74.8 Å². The van der Waals surface area contributed by atoms with Crippen molar-refractivity contribution < 1.29 is 33.0 Å². The third-order valence-corrected chi connectivity index (χ3v) is 7.62. The van der Waals surface area contributed by atoms with Crippen LogP contribution in [0.1, 0.15) is 41.0 Å². The van der Waals surface area contributed by atoms with Crippen molar-refractivity contribution in [2.24, 2.45) is 5.73 Å². The number of benzene rings is 2. The van der Waals surface area contributed by atoms with E-state index in [1.807, 2.05) is 4.68 Å². The summed E-state index contributed by atoms with van der Waals surface area (Å²) >= 11 is 0. The SMILES string of the molecule is NCCOCCOCC(=O)N1CCC(n2cc(-c3cnc(N)c(C(=O)O[C@@H](C(=O)Nc4ccc(F)cc4)c4ccccc4)n3)cn2)CC1. The lowest BCUT2D eigenvalue weighted by atomic mass is 10.1. The second kappa shape index (κ2) is 16.5. The van der Waals surface area contributed by atoms with Crippen LogP contribution in [0.25, 0.3) is 11.3 Å². The predicted molar refractivity (Wildman–Crippen MR) is 173 cm³/mol. The Kier molecular flexibility index (Phi) is 11.7. The van der Waals surface area contributed by atoms with Gasteiger partial charge in [-0.15, -0.1) is 0 Å². The molecule has 0 spiro atoms. The van der Waals surface area contributed by atoms with Crippen molar-refractivity contribution in [2.75, 3.05) is 57.1 Å². The number of hydrogen-bond acceptors (Lipinski definition) is 11. The lowest BCUT2D eigenvalue weighted by molar-refractivity contribution is -0.138. The molecule has 0 aliphatic carbocycles. The van der Waals surface area contributed by atoms with E-state index < -0.39 is 23.8 Å². The van der Waals surface area contributed by atoms with Crippen LogP contribution in [0, 0.1) is 5.82 Å². The number of amides is 2. The van der Waals surface area contributed by atoms with Gasteiger partial charge in [0.05, 0.1) is 44.0 Å². The number of carbonyl (C=O) groups excluding carboxylic acids is 3. The largest absolute Gasteiger partial charge is 0.442 e. The molecule has 1 saturated heterocycles. The molecule has 4 aromatic rings. The minimum absolute atomic E-state index is 0.00579. The Morgan fingerprint density at radius 1 is 0.979 bits per heavy atom. The monoisotopic (exact) mass is 660 g/mol. The molecule has 0 bridgehead atoms. The molecule has 1 aliphatic rings. The molecule has 5 N–H and O–H groups in total. The first-order valence-electron chi connectivity index (χ1n) is 15.4. The molecule has 15 heteroatoms. The fourth-order valence-corrected chi connectivity index (χ4v) is 5.10. The standard InChI is InChI=1S/C33H37FN8O6/c34-24-6-8-25(9-7-24)39-32(44)30(22-4-2-1-3-5-22)48-33(45)29-31(36)37-19-27(40-29)23-18-38-42(20-23)26-10-13-41(14-11-26)28(43)21-47-17-16-46-15-12-35/h1-9,18-20,26,30H,10-17,21,35H2,(H2,36,37)(H,39,44)/t30-/m1/s1. The number of aromatic nitrogens is 4. The summed E-state index contributed by atoms with van der Waals surface area (Å²) < 4.78 is 31.5. The topological polar surface area (TPSA) is 190 Å². The molecule has 3 heterocycles. The maximum Gasteiger partial charge on any atom is 0.361 e. The number of nitrogens with zero attached hydrogens (tertiary/aromatic N) is 5. The molecule has 0 saturated carbocycles. The summed E-state index contributed by atoms with van der Waals surface area (Å²) in [4.78, 5) is 49.5. The number of nitrogens with one attached hydrogen (secondary N) is 1. The van der Waals surface area contributed by atoms with Gasteiger partial charge in [0.2, 0.25) is 12.0 Å². The van der Waals surface area contributed by atoms with Gasteiger partial charge in [-0.1, -0.05) is 30.3 Å². The van der Waals surface area contributed by atoms with Crippen LogP contribution in [0.2, 0.25) is 0 Å². The fraction of sp³-hybridized carbons (Fsp3) is 0.333. The molecule has 1 atom stereocenters. The van der Waals surface area contributed by atoms with E-state index in [9.17, 15) is 18.8 Å². The van der Waals surface area contributed by atoms with Gasteiger partial charge >= 0.3 is 5.97 Å². The molecule has 2 aromatic carbocycles. The van der Waals surface area contributed by atoms with E-state index in [2.05, 4.69) is 20.4 Å². The Bertz CT molecular complexity index is 1680. The zero-order chi connectivity index (χ0) is 33.9. The summed E-state index contributed by atoms with van der Waals surface area (Å²) in [5.74, 6) is -2.32. The highest BCUT2D eigenvalue weighted by atomic mass is 19.1. The van der Waals surface area contributed by atoms with Crippen molar-refractivity contribution >= 4 is 29.3 Å². The van der Waals surface area contributed by atoms with E-state index in [1.165, 1.54) is 30.5 Å². The van der Waals surface area contributed by atoms with Gasteiger partial charge in [0, 0.05) is 42.6 Å². The highest BCUT2D eigenvalue weighted by Crippen LogP contribution is 2.27. The maximum absolute atomic E-state index is 13.4. The average molecular weight is 661 g/mol. The number of ether oxygens (including phenoxy) is 3. The molecule has 0 radical (unpaired) electrons. The Morgan fingerprint density at radius 2 is 1.71 bits per heavy atom. The number of carbonyl (C=O) groups is 3. The second-order valence-electron chi connectivity index (χ2n) is 11.0. The average Bonchev–Trinajstić information content (AvgIpc) is 3.60. The molecule has 2 aromatic heterocycles. The summed E-state index contributed by atoms with van der Waals surface area (Å²) in [7, 11) is 0. The Balaban J connectivity index is 1.22. The first-order valence-corrected chi connectivity index (χ1v) is 15.4. The minimum atomic E-state index is -1.36. The molecule has 48 heavy (non-hydrogen) atoms. The molecule has 1 fully saturated rings. The Hall–Kier alpha value is -5.25. The van der Waals surface area contributed by atoms with Crippen LogP contribution in [0.4, 0.5) is 15.9 Å². The van der Waals surface area contributed by atoms with E-state index in [4.69, 9.17) is 25.7 Å². The Labute approximate surface area is 276 Å². The number of esters is 1. The van der Waals surface area contributed by atoms with E-state index in [0.717, 1.165) is 0 Å². The number of piperidine rings is 1. The predicted octanol–water partition coefficient (Wildman–Crippen LogP) is 2.75. The number of hydrogen-bond donors (Lipinski definition) is 3. The van der Waals surface area contributed by atoms with Crippen molar-refractivity contribution in [3.63, 3.8) is 0 Å². The van der Waals surface area contributed by atoms with Gasteiger partial charge in [0.25, 0.3) is 5.91 Å². The molecule has 2 amide bonds. The maximum atomic E-state index is 13.4. The zero-order valence-corrected chi connectivity index (χ0v) is 26.2. The first kappa shape index (κ1) is 34.1. The van der Waals surface area contributed by atoms with Gasteiger partial charge < -0.3 is 35.9 Å². The van der Waals surface area contributed by atoms with Crippen LogP contribution in [0.3, 0.4) is 0 Å². The van der Waals surface area contributed by atoms with Gasteiger partial charge in [-0.2, -0.15) is 5.10 Å². The van der Waals surface area contributed by atoms with Crippen molar-refractivity contribution in [3.8, 4) is 11.3 Å². The van der Waals surface area contributed by atoms with Gasteiger partial charge in [0.1, 0.15) is 12.4 Å². The van der Waals surface area contributed by atoms with Crippen LogP contribution in [-0.4, -0.2) is 88.5 Å². The first-order chi connectivity index (χ1) is 23.3. The smallest absolute Gasteiger partial charge is 0.361 e. The number of rotatable bonds is 14. The highest BCUT2D eigenvalue weighted by molar-refractivity contribution is 5.99. The van der Waals surface area contributed by atoms with Gasteiger partial charge in [0.15, 0.2) is 11.5 Å². The van der Waals surface area contributed by atoms with Gasteiger partial charge in [-0.3, -0.25) is 14.3 Å². The van der Waals surface area contributed by atoms with E-state index in [-0.39, 0.29) is 30.1 Å². The number of anilines is 2. The molecule has 252 valence electrons. The molecule has 14 nitrogen and oxygen atoms in total. The van der Waals surface area contributed by atoms with Gasteiger partial charge in [-0.25, -0.2) is 19.2 Å². The number of nitrogen functional groups attached to an aromatic ring is 1. The summed E-state index contributed by atoms with van der Waals surface area (Å²) in [6.45, 7) is 2.71. The lowest BCUT2D eigenvalue weighted by Crippen LogP contribution is -2.41. The normalized spacial score (nSPS) is 14.0. The quantitative estimate of drug-likeness (QED) is 0.133. The summed E-state index contributed by atoms with van der Waals surface area (Å²) in [6, 6.07) is 13.7. The molecular weight excluding hydrogens is 623 g/mol. The molecular formula is C33H37FN8O6. The summed E-state index contributed by atoms with van der Waals surface area (Å²) in [5, 5.41) is 7.14. The summed E-state index contributed by atoms with van der Waals surface area (Å²) in [6.07, 6.45) is 4.85. The number of nitrogens with two attached hydrogens (primary N) is 2. The van der Waals surface area contributed by atoms with Crippen molar-refractivity contribution in [3.05, 3.63) is 90.3 Å². The fourth-order valence-electron chi connectivity index (χ4n) is 5.10. The van der Waals surface area contributed by atoms with Crippen LogP contribution >= 0.6 is 0 Å². The molecule has 5 rings (SSSR count). The molecule has 1 aliphatic heterocycles. The van der Waals surface area contributed by atoms with Crippen molar-refractivity contribution in [1.29, 1.82) is 0 Å². The van der Waals surface area contributed by atoms with Crippen LogP contribution < -0.4 is 16.8 Å². The Morgan fingerprint density at radius 3 is 2.44 bits per heavy atom.